The minimum atomic E-state index is 0.392. The molecular weight excluding hydrogens is 340 g/mol. The summed E-state index contributed by atoms with van der Waals surface area (Å²) in [6.45, 7) is 4.76. The van der Waals surface area contributed by atoms with Gasteiger partial charge in [0, 0.05) is 43.8 Å². The molecule has 144 valence electrons. The second-order valence-corrected chi connectivity index (χ2v) is 6.80. The van der Waals surface area contributed by atoms with Gasteiger partial charge in [-0.2, -0.15) is 0 Å². The maximum absolute atomic E-state index is 7.81. The molecule has 1 saturated heterocycles. The Morgan fingerprint density at radius 3 is 2.52 bits per heavy atom. The van der Waals surface area contributed by atoms with Gasteiger partial charge >= 0.3 is 0 Å². The Hall–Kier alpha value is -2.37. The van der Waals surface area contributed by atoms with Crippen LogP contribution in [0.3, 0.4) is 0 Å². The highest BCUT2D eigenvalue weighted by atomic mass is 16.5. The van der Waals surface area contributed by atoms with Gasteiger partial charge in [0.05, 0.1) is 6.61 Å². The van der Waals surface area contributed by atoms with Crippen molar-refractivity contribution in [1.29, 1.82) is 5.41 Å². The maximum atomic E-state index is 7.81. The lowest BCUT2D eigenvalue weighted by Crippen LogP contribution is -2.28. The third-order valence-corrected chi connectivity index (χ3v) is 4.86. The molecule has 0 radical (unpaired) electrons. The van der Waals surface area contributed by atoms with E-state index in [0.29, 0.717) is 19.3 Å². The van der Waals surface area contributed by atoms with Gasteiger partial charge in [-0.1, -0.05) is 18.2 Å². The first-order chi connectivity index (χ1) is 13.2. The summed E-state index contributed by atoms with van der Waals surface area (Å²) >= 11 is 0. The largest absolute Gasteiger partial charge is 0.491 e. The average molecular weight is 368 g/mol. The number of rotatable bonds is 8. The molecule has 0 atom stereocenters. The second kappa shape index (κ2) is 9.53. The molecule has 0 unspecified atom stereocenters. The van der Waals surface area contributed by atoms with E-state index < -0.39 is 0 Å². The number of ether oxygens (including phenoxy) is 3. The fourth-order valence-corrected chi connectivity index (χ4v) is 3.32. The topological polar surface area (TPSA) is 63.6 Å². The van der Waals surface area contributed by atoms with Gasteiger partial charge in [0.1, 0.15) is 12.4 Å². The van der Waals surface area contributed by atoms with Crippen LogP contribution < -0.4 is 10.1 Å². The molecule has 2 aromatic carbocycles. The van der Waals surface area contributed by atoms with E-state index in [4.69, 9.17) is 19.6 Å². The Balaban J connectivity index is 1.81. The number of hydrogen-bond donors (Lipinski definition) is 2. The van der Waals surface area contributed by atoms with Crippen LogP contribution in [0.2, 0.25) is 0 Å². The first kappa shape index (κ1) is 19.4. The lowest BCUT2D eigenvalue weighted by atomic mass is 9.97. The van der Waals surface area contributed by atoms with Crippen LogP contribution in [0.15, 0.2) is 36.4 Å². The molecule has 0 aliphatic carbocycles. The van der Waals surface area contributed by atoms with Crippen LogP contribution in [0, 0.1) is 12.3 Å². The predicted molar refractivity (Wildman–Crippen MR) is 109 cm³/mol. The lowest BCUT2D eigenvalue weighted by Gasteiger charge is -2.26. The molecule has 1 fully saturated rings. The number of benzene rings is 2. The summed E-state index contributed by atoms with van der Waals surface area (Å²) in [5, 5.41) is 11.4. The van der Waals surface area contributed by atoms with Crippen LogP contribution in [0.1, 0.15) is 24.0 Å². The summed E-state index contributed by atoms with van der Waals surface area (Å²) in [4.78, 5) is 0. The Labute approximate surface area is 161 Å². The molecule has 1 aliphatic rings. The molecule has 5 heteroatoms. The monoisotopic (exact) mass is 368 g/mol. The molecule has 5 nitrogen and oxygen atoms in total. The Kier molecular flexibility index (Phi) is 6.85. The van der Waals surface area contributed by atoms with Crippen molar-refractivity contribution in [2.45, 2.75) is 25.8 Å². The van der Waals surface area contributed by atoms with Crippen LogP contribution in [0.5, 0.6) is 5.75 Å². The van der Waals surface area contributed by atoms with Gasteiger partial charge in [0.15, 0.2) is 0 Å². The Morgan fingerprint density at radius 1 is 1.11 bits per heavy atom. The van der Waals surface area contributed by atoms with Crippen LogP contribution >= 0.6 is 0 Å². The molecule has 1 heterocycles. The van der Waals surface area contributed by atoms with Crippen molar-refractivity contribution in [2.24, 2.45) is 0 Å². The molecule has 1 aliphatic heterocycles. The van der Waals surface area contributed by atoms with Gasteiger partial charge < -0.3 is 24.9 Å². The Bertz CT molecular complexity index is 753. The van der Waals surface area contributed by atoms with E-state index in [1.807, 2.05) is 12.1 Å². The van der Waals surface area contributed by atoms with Crippen molar-refractivity contribution in [2.75, 3.05) is 38.9 Å². The summed E-state index contributed by atoms with van der Waals surface area (Å²) in [7, 11) is 1.67. The standard InChI is InChI=1S/C22H28N2O3/c1-16-13-18(17-3-5-20(6-4-17)27-12-11-25-2)14-22(21(16)15-23)24-19-7-9-26-10-8-19/h3-6,13-15,19,23-24H,7-12H2,1-2H3. The van der Waals surface area contributed by atoms with E-state index in [2.05, 4.69) is 36.5 Å². The summed E-state index contributed by atoms with van der Waals surface area (Å²) in [6, 6.07) is 12.8. The predicted octanol–water partition coefficient (Wildman–Crippen LogP) is 4.28. The van der Waals surface area contributed by atoms with E-state index >= 15 is 0 Å². The molecule has 2 N–H and O–H groups in total. The molecule has 0 spiro atoms. The fraction of sp³-hybridized carbons (Fsp3) is 0.409. The molecule has 3 rings (SSSR count). The molecule has 0 aromatic heterocycles. The third kappa shape index (κ3) is 5.08. The smallest absolute Gasteiger partial charge is 0.119 e. The number of anilines is 1. The van der Waals surface area contributed by atoms with Gasteiger partial charge in [-0.3, -0.25) is 0 Å². The quantitative estimate of drug-likeness (QED) is 0.539. The first-order valence-corrected chi connectivity index (χ1v) is 9.43. The van der Waals surface area contributed by atoms with E-state index in [0.717, 1.165) is 59.7 Å². The van der Waals surface area contributed by atoms with Crippen molar-refractivity contribution >= 4 is 11.9 Å². The van der Waals surface area contributed by atoms with E-state index in [9.17, 15) is 0 Å². The van der Waals surface area contributed by atoms with Gasteiger partial charge in [-0.15, -0.1) is 0 Å². The molecule has 0 saturated carbocycles. The molecule has 0 bridgehead atoms. The molecule has 0 amide bonds. The highest BCUT2D eigenvalue weighted by molar-refractivity contribution is 5.90. The zero-order valence-electron chi connectivity index (χ0n) is 16.1. The number of hydrogen-bond acceptors (Lipinski definition) is 5. The Morgan fingerprint density at radius 2 is 1.85 bits per heavy atom. The minimum absolute atomic E-state index is 0.392. The summed E-state index contributed by atoms with van der Waals surface area (Å²) in [5.41, 5.74) is 5.33. The van der Waals surface area contributed by atoms with E-state index in [-0.39, 0.29) is 0 Å². The second-order valence-electron chi connectivity index (χ2n) is 6.80. The van der Waals surface area contributed by atoms with Crippen LogP contribution in [0.25, 0.3) is 11.1 Å². The van der Waals surface area contributed by atoms with Gasteiger partial charge in [0.25, 0.3) is 0 Å². The molecule has 27 heavy (non-hydrogen) atoms. The SMILES string of the molecule is COCCOc1ccc(-c2cc(C)c(C=N)c(NC3CCOCC3)c2)cc1. The minimum Gasteiger partial charge on any atom is -0.491 e. The molecule has 2 aromatic rings. The van der Waals surface area contributed by atoms with Crippen molar-refractivity contribution in [3.05, 3.63) is 47.5 Å². The summed E-state index contributed by atoms with van der Waals surface area (Å²) in [6.07, 6.45) is 3.43. The van der Waals surface area contributed by atoms with Crippen LogP contribution in [-0.2, 0) is 9.47 Å². The zero-order valence-corrected chi connectivity index (χ0v) is 16.1. The fourth-order valence-electron chi connectivity index (χ4n) is 3.32. The summed E-state index contributed by atoms with van der Waals surface area (Å²) < 4.78 is 16.1. The number of aryl methyl sites for hydroxylation is 1. The van der Waals surface area contributed by atoms with Crippen LogP contribution in [-0.4, -0.2) is 45.8 Å². The average Bonchev–Trinajstić information content (AvgIpc) is 2.69. The van der Waals surface area contributed by atoms with Crippen molar-refractivity contribution < 1.29 is 14.2 Å². The molecular formula is C22H28N2O3. The van der Waals surface area contributed by atoms with E-state index in [1.54, 1.807) is 7.11 Å². The normalized spacial score (nSPS) is 14.7. The number of nitrogens with one attached hydrogen (secondary N) is 2. The zero-order chi connectivity index (χ0) is 19.1. The van der Waals surface area contributed by atoms with Crippen LogP contribution in [0.4, 0.5) is 5.69 Å². The highest BCUT2D eigenvalue weighted by Gasteiger charge is 2.16. The lowest BCUT2D eigenvalue weighted by molar-refractivity contribution is 0.0904. The third-order valence-electron chi connectivity index (χ3n) is 4.86. The van der Waals surface area contributed by atoms with Crippen molar-refractivity contribution in [1.82, 2.24) is 0 Å². The summed E-state index contributed by atoms with van der Waals surface area (Å²) in [5.74, 6) is 0.837. The number of methoxy groups -OCH3 is 1. The van der Waals surface area contributed by atoms with Gasteiger partial charge in [0.2, 0.25) is 0 Å². The maximum Gasteiger partial charge on any atom is 0.119 e. The van der Waals surface area contributed by atoms with E-state index in [1.165, 1.54) is 6.21 Å². The highest BCUT2D eigenvalue weighted by Crippen LogP contribution is 2.30. The van der Waals surface area contributed by atoms with Crippen molar-refractivity contribution in [3.8, 4) is 16.9 Å². The van der Waals surface area contributed by atoms with Gasteiger partial charge in [-0.05, 0) is 54.7 Å². The van der Waals surface area contributed by atoms with Gasteiger partial charge in [-0.25, -0.2) is 0 Å². The first-order valence-electron chi connectivity index (χ1n) is 9.43. The van der Waals surface area contributed by atoms with Crippen molar-refractivity contribution in [3.63, 3.8) is 0 Å².